The molecule has 166 valence electrons. The molecule has 0 nitrogen and oxygen atoms in total. The monoisotopic (exact) mass is 390 g/mol. The smallest absolute Gasteiger partial charge is 0.0351 e. The predicted molar refractivity (Wildman–Crippen MR) is 131 cm³/mol. The van der Waals surface area contributed by atoms with Gasteiger partial charge in [-0.05, 0) is 43.9 Å². The van der Waals surface area contributed by atoms with E-state index in [9.17, 15) is 0 Å². The molecule has 0 bridgehead atoms. The Morgan fingerprint density at radius 1 is 0.500 bits per heavy atom. The van der Waals surface area contributed by atoms with Crippen LogP contribution in [0.25, 0.3) is 0 Å². The first-order valence-electron chi connectivity index (χ1n) is 13.0. The van der Waals surface area contributed by atoms with Crippen molar-refractivity contribution in [2.24, 2.45) is 11.8 Å². The summed E-state index contributed by atoms with van der Waals surface area (Å²) in [5, 5.41) is 0. The maximum atomic E-state index is 3.97. The third kappa shape index (κ3) is 20.5. The number of rotatable bonds is 22. The van der Waals surface area contributed by atoms with Gasteiger partial charge in [0.05, 0.1) is 0 Å². The van der Waals surface area contributed by atoms with E-state index in [-0.39, 0.29) is 0 Å². The fourth-order valence-electron chi connectivity index (χ4n) is 4.16. The van der Waals surface area contributed by atoms with Crippen LogP contribution in [0.2, 0.25) is 0 Å². The van der Waals surface area contributed by atoms with Gasteiger partial charge in [0, 0.05) is 0 Å². The summed E-state index contributed by atoms with van der Waals surface area (Å²) in [5.74, 6) is 1.76. The van der Waals surface area contributed by atoms with Crippen molar-refractivity contribution in [3.63, 3.8) is 0 Å². The molecule has 0 aliphatic rings. The first kappa shape index (κ1) is 27.7. The van der Waals surface area contributed by atoms with Gasteiger partial charge in [0.1, 0.15) is 0 Å². The second-order valence-electron chi connectivity index (χ2n) is 9.29. The van der Waals surface area contributed by atoms with Crippen molar-refractivity contribution in [2.45, 2.75) is 142 Å². The molecule has 2 radical (unpaired) electrons. The van der Waals surface area contributed by atoms with Crippen molar-refractivity contribution in [3.8, 4) is 0 Å². The second kappa shape index (κ2) is 23.0. The summed E-state index contributed by atoms with van der Waals surface area (Å²) in [4.78, 5) is 0. The molecule has 1 atom stereocenters. The van der Waals surface area contributed by atoms with Gasteiger partial charge in [-0.15, -0.1) is 0 Å². The van der Waals surface area contributed by atoms with Crippen molar-refractivity contribution in [1.82, 2.24) is 0 Å². The summed E-state index contributed by atoms with van der Waals surface area (Å²) < 4.78 is 0. The molecular formula is C28H54. The first-order valence-corrected chi connectivity index (χ1v) is 13.0. The molecule has 0 rings (SSSR count). The normalized spacial score (nSPS) is 13.0. The molecule has 0 aliphatic carbocycles. The molecule has 0 aromatic rings. The van der Waals surface area contributed by atoms with Crippen molar-refractivity contribution < 1.29 is 0 Å². The van der Waals surface area contributed by atoms with Gasteiger partial charge in [-0.1, -0.05) is 136 Å². The van der Waals surface area contributed by atoms with Gasteiger partial charge in [-0.25, -0.2) is 0 Å². The average Bonchev–Trinajstić information content (AvgIpc) is 2.68. The molecule has 28 heavy (non-hydrogen) atoms. The van der Waals surface area contributed by atoms with Gasteiger partial charge in [0.25, 0.3) is 0 Å². The van der Waals surface area contributed by atoms with Crippen LogP contribution in [-0.4, -0.2) is 0 Å². The maximum absolute atomic E-state index is 3.97. The molecule has 0 saturated heterocycles. The van der Waals surface area contributed by atoms with Crippen molar-refractivity contribution in [2.75, 3.05) is 0 Å². The molecule has 0 N–H and O–H groups in total. The van der Waals surface area contributed by atoms with Crippen molar-refractivity contribution >= 4 is 0 Å². The van der Waals surface area contributed by atoms with Gasteiger partial charge in [-0.3, -0.25) is 0 Å². The molecule has 0 amide bonds. The lowest BCUT2D eigenvalue weighted by atomic mass is 9.86. The van der Waals surface area contributed by atoms with Gasteiger partial charge in [0.2, 0.25) is 0 Å². The zero-order chi connectivity index (χ0) is 20.7. The third-order valence-corrected chi connectivity index (χ3v) is 6.25. The van der Waals surface area contributed by atoms with E-state index in [0.717, 1.165) is 24.7 Å². The fourth-order valence-corrected chi connectivity index (χ4v) is 4.16. The Morgan fingerprint density at radius 3 is 1.39 bits per heavy atom. The minimum absolute atomic E-state index is 0.840. The van der Waals surface area contributed by atoms with Crippen LogP contribution in [0, 0.1) is 25.7 Å². The van der Waals surface area contributed by atoms with E-state index < -0.39 is 0 Å². The molecule has 0 spiro atoms. The van der Waals surface area contributed by atoms with E-state index in [4.69, 9.17) is 0 Å². The van der Waals surface area contributed by atoms with E-state index in [0.29, 0.717) is 0 Å². The Kier molecular flexibility index (Phi) is 22.8. The average molecular weight is 391 g/mol. The van der Waals surface area contributed by atoms with E-state index in [1.165, 1.54) is 116 Å². The molecule has 0 aliphatic heterocycles. The molecule has 0 fully saturated rings. The number of hydrogen-bond donors (Lipinski definition) is 0. The predicted octanol–water partition coefficient (Wildman–Crippen LogP) is 10.3. The summed E-state index contributed by atoms with van der Waals surface area (Å²) in [6, 6.07) is 0. The minimum Gasteiger partial charge on any atom is -0.0885 e. The largest absolute Gasteiger partial charge is 0.0885 e. The maximum Gasteiger partial charge on any atom is -0.0351 e. The summed E-state index contributed by atoms with van der Waals surface area (Å²) in [6.07, 6.45) is 32.2. The molecule has 0 aromatic heterocycles. The molecule has 0 heterocycles. The zero-order valence-electron chi connectivity index (χ0n) is 19.9. The van der Waals surface area contributed by atoms with Crippen molar-refractivity contribution in [1.29, 1.82) is 0 Å². The first-order chi connectivity index (χ1) is 13.7. The number of unbranched alkanes of at least 4 members (excludes halogenated alkanes) is 15. The highest BCUT2D eigenvalue weighted by atomic mass is 14.2. The molecule has 1 unspecified atom stereocenters. The van der Waals surface area contributed by atoms with Gasteiger partial charge >= 0.3 is 0 Å². The summed E-state index contributed by atoms with van der Waals surface area (Å²) in [7, 11) is 0. The Bertz CT molecular complexity index is 301. The van der Waals surface area contributed by atoms with Gasteiger partial charge < -0.3 is 0 Å². The zero-order valence-corrected chi connectivity index (χ0v) is 19.9. The minimum atomic E-state index is 0.840. The fraction of sp³-hybridized carbons (Fsp3) is 0.857. The van der Waals surface area contributed by atoms with E-state index in [1.54, 1.807) is 0 Å². The van der Waals surface area contributed by atoms with E-state index >= 15 is 0 Å². The van der Waals surface area contributed by atoms with E-state index in [1.807, 2.05) is 0 Å². The quantitative estimate of drug-likeness (QED) is 0.127. The Morgan fingerprint density at radius 2 is 0.893 bits per heavy atom. The van der Waals surface area contributed by atoms with Crippen LogP contribution in [0.5, 0.6) is 0 Å². The number of allylic oxidation sites excluding steroid dienone is 2. The Labute approximate surface area is 180 Å². The Hall–Kier alpha value is -0.260. The summed E-state index contributed by atoms with van der Waals surface area (Å²) in [5.41, 5.74) is 0. The Balaban J connectivity index is 3.35. The van der Waals surface area contributed by atoms with Crippen LogP contribution in [0.4, 0.5) is 0 Å². The van der Waals surface area contributed by atoms with Crippen LogP contribution in [0.3, 0.4) is 0 Å². The second-order valence-corrected chi connectivity index (χ2v) is 9.29. The third-order valence-electron chi connectivity index (χ3n) is 6.25. The lowest BCUT2D eigenvalue weighted by molar-refractivity contribution is 0.320. The van der Waals surface area contributed by atoms with Crippen LogP contribution in [-0.2, 0) is 0 Å². The van der Waals surface area contributed by atoms with E-state index in [2.05, 4.69) is 39.8 Å². The number of hydrogen-bond acceptors (Lipinski definition) is 0. The van der Waals surface area contributed by atoms with Crippen molar-refractivity contribution in [3.05, 3.63) is 26.0 Å². The molecule has 0 heteroatoms. The van der Waals surface area contributed by atoms with Gasteiger partial charge in [-0.2, -0.15) is 0 Å². The highest BCUT2D eigenvalue weighted by Gasteiger charge is 2.11. The standard InChI is InChI=1S/C28H54/c1-5-7-9-10-11-12-13-14-15-16-17-18-19-20-21-22-24-26-28(27(3)4)25-23-8-6-2/h20-21,27-28H,1-2,5-19,22-26H2,3-4H3/b21-20+. The van der Waals surface area contributed by atoms with Crippen LogP contribution < -0.4 is 0 Å². The van der Waals surface area contributed by atoms with Crippen LogP contribution in [0.1, 0.15) is 142 Å². The lowest BCUT2D eigenvalue weighted by Gasteiger charge is -2.20. The highest BCUT2D eigenvalue weighted by molar-refractivity contribution is 4.81. The summed E-state index contributed by atoms with van der Waals surface area (Å²) >= 11 is 0. The molecule has 0 saturated carbocycles. The summed E-state index contributed by atoms with van der Waals surface area (Å²) in [6.45, 7) is 12.7. The van der Waals surface area contributed by atoms with Gasteiger partial charge in [0.15, 0.2) is 0 Å². The molecule has 0 aromatic carbocycles. The topological polar surface area (TPSA) is 0 Å². The lowest BCUT2D eigenvalue weighted by Crippen LogP contribution is -2.08. The highest BCUT2D eigenvalue weighted by Crippen LogP contribution is 2.24. The van der Waals surface area contributed by atoms with Crippen LogP contribution >= 0.6 is 0 Å². The SMILES string of the molecule is [CH2]CCCCCCCCCCCCC/C=C/CCCC(CCCC[CH2])C(C)C. The molecular weight excluding hydrogens is 336 g/mol. The van der Waals surface area contributed by atoms with Crippen LogP contribution in [0.15, 0.2) is 12.2 Å².